The molecule has 2 N–H and O–H groups in total. The zero-order valence-electron chi connectivity index (χ0n) is 14.5. The Kier molecular flexibility index (Phi) is 5.64. The van der Waals surface area contributed by atoms with Crippen molar-refractivity contribution in [2.45, 2.75) is 13.0 Å². The van der Waals surface area contributed by atoms with Gasteiger partial charge in [-0.3, -0.25) is 9.59 Å². The minimum absolute atomic E-state index is 0.195. The van der Waals surface area contributed by atoms with Crippen LogP contribution in [0.4, 0.5) is 0 Å². The van der Waals surface area contributed by atoms with Crippen LogP contribution in [0, 0.1) is 0 Å². The van der Waals surface area contributed by atoms with Gasteiger partial charge in [0.1, 0.15) is 29.3 Å². The molecule has 0 radical (unpaired) electrons. The fourth-order valence-corrected chi connectivity index (χ4v) is 4.04. The van der Waals surface area contributed by atoms with E-state index in [2.05, 4.69) is 14.7 Å². The van der Waals surface area contributed by atoms with E-state index in [-0.39, 0.29) is 22.2 Å². The molecule has 1 fully saturated rings. The van der Waals surface area contributed by atoms with Crippen LogP contribution in [0.15, 0.2) is 4.79 Å². The average molecular weight is 382 g/mol. The lowest BCUT2D eigenvalue weighted by molar-refractivity contribution is -0.922. The van der Waals surface area contributed by atoms with Crippen LogP contribution in [0.25, 0.3) is 10.2 Å². The third-order valence-corrected chi connectivity index (χ3v) is 5.35. The smallest absolute Gasteiger partial charge is 0.348 e. The highest BCUT2D eigenvalue weighted by Gasteiger charge is 2.25. The largest absolute Gasteiger partial charge is 0.469 e. The molecule has 2 aromatic rings. The number of fused-ring (bicyclic) bond motifs is 1. The molecule has 0 aromatic carbocycles. The standard InChI is InChI=1S/C16H19N3O6S/c1-23-11(20)7-9-12-14(21)17-10(8-19-3-5-25-6-4-19)18-15(12)26-13(9)16(22)24-2/h3-8H2,1-2H3,(H,17,18,21)/p+1. The summed E-state index contributed by atoms with van der Waals surface area (Å²) in [6, 6.07) is 0. The number of carbonyl (C=O) groups is 2. The number of H-pyrrole nitrogens is 1. The molecule has 0 amide bonds. The number of aromatic nitrogens is 2. The Hall–Kier alpha value is -2.30. The number of morpholine rings is 1. The molecule has 3 heterocycles. The fraction of sp³-hybridized carbons (Fsp3) is 0.500. The van der Waals surface area contributed by atoms with E-state index >= 15 is 0 Å². The second-order valence-corrected chi connectivity index (χ2v) is 6.89. The second kappa shape index (κ2) is 7.94. The number of nitrogens with one attached hydrogen (secondary N) is 2. The molecule has 1 saturated heterocycles. The monoisotopic (exact) mass is 382 g/mol. The zero-order chi connectivity index (χ0) is 18.7. The van der Waals surface area contributed by atoms with Gasteiger partial charge in [0.05, 0.1) is 39.2 Å². The molecule has 2 aromatic heterocycles. The Morgan fingerprint density at radius 1 is 1.27 bits per heavy atom. The van der Waals surface area contributed by atoms with Crippen molar-refractivity contribution in [2.24, 2.45) is 0 Å². The number of carbonyl (C=O) groups excluding carboxylic acids is 2. The summed E-state index contributed by atoms with van der Waals surface area (Å²) in [5.41, 5.74) is -0.0781. The number of hydrogen-bond acceptors (Lipinski definition) is 8. The van der Waals surface area contributed by atoms with Crippen LogP contribution in [-0.2, 0) is 32.0 Å². The molecular weight excluding hydrogens is 362 g/mol. The molecule has 3 rings (SSSR count). The van der Waals surface area contributed by atoms with Crippen molar-refractivity contribution < 1.29 is 28.7 Å². The van der Waals surface area contributed by atoms with Gasteiger partial charge in [-0.2, -0.15) is 0 Å². The molecular formula is C16H20N3O6S+. The molecule has 10 heteroatoms. The van der Waals surface area contributed by atoms with Gasteiger partial charge in [-0.1, -0.05) is 0 Å². The van der Waals surface area contributed by atoms with E-state index in [1.54, 1.807) is 0 Å². The Morgan fingerprint density at radius 3 is 2.65 bits per heavy atom. The molecule has 0 spiro atoms. The number of aromatic amines is 1. The predicted octanol–water partition coefficient (Wildman–Crippen LogP) is -1.10. The van der Waals surface area contributed by atoms with E-state index in [4.69, 9.17) is 9.47 Å². The number of ether oxygens (including phenoxy) is 3. The van der Waals surface area contributed by atoms with Gasteiger partial charge >= 0.3 is 11.9 Å². The van der Waals surface area contributed by atoms with Crippen LogP contribution in [-0.4, -0.2) is 62.4 Å². The van der Waals surface area contributed by atoms with Crippen LogP contribution >= 0.6 is 11.3 Å². The summed E-state index contributed by atoms with van der Waals surface area (Å²) < 4.78 is 14.8. The Morgan fingerprint density at radius 2 is 2.00 bits per heavy atom. The lowest BCUT2D eigenvalue weighted by Gasteiger charge is -2.23. The number of esters is 2. The molecule has 0 saturated carbocycles. The van der Waals surface area contributed by atoms with E-state index in [9.17, 15) is 14.4 Å². The molecule has 0 bridgehead atoms. The van der Waals surface area contributed by atoms with Gasteiger partial charge in [-0.25, -0.2) is 9.78 Å². The number of quaternary nitrogens is 1. The lowest BCUT2D eigenvalue weighted by atomic mass is 10.1. The summed E-state index contributed by atoms with van der Waals surface area (Å²) in [4.78, 5) is 45.6. The van der Waals surface area contributed by atoms with Gasteiger partial charge in [-0.05, 0) is 0 Å². The van der Waals surface area contributed by atoms with Crippen LogP contribution in [0.1, 0.15) is 21.1 Å². The summed E-state index contributed by atoms with van der Waals surface area (Å²) in [6.45, 7) is 3.60. The molecule has 1 aliphatic heterocycles. The van der Waals surface area contributed by atoms with Crippen molar-refractivity contribution in [2.75, 3.05) is 40.5 Å². The predicted molar refractivity (Wildman–Crippen MR) is 92.5 cm³/mol. The SMILES string of the molecule is COC(=O)Cc1c(C(=O)OC)sc2nc(C[NH+]3CCOCC3)[nH]c(=O)c12. The maximum atomic E-state index is 12.6. The molecule has 0 atom stereocenters. The number of thiophene rings is 1. The van der Waals surface area contributed by atoms with Crippen molar-refractivity contribution in [3.8, 4) is 0 Å². The Bertz CT molecular complexity index is 884. The molecule has 140 valence electrons. The first-order valence-electron chi connectivity index (χ1n) is 8.14. The van der Waals surface area contributed by atoms with Crippen LogP contribution in [0.2, 0.25) is 0 Å². The van der Waals surface area contributed by atoms with Gasteiger partial charge in [0.25, 0.3) is 5.56 Å². The van der Waals surface area contributed by atoms with Crippen molar-refractivity contribution in [3.05, 3.63) is 26.6 Å². The summed E-state index contributed by atoms with van der Waals surface area (Å²) in [6.07, 6.45) is -0.195. The number of nitrogens with zero attached hydrogens (tertiary/aromatic N) is 1. The van der Waals surface area contributed by atoms with Crippen molar-refractivity contribution in [1.29, 1.82) is 0 Å². The molecule has 0 unspecified atom stereocenters. The maximum Gasteiger partial charge on any atom is 0.348 e. The zero-order valence-corrected chi connectivity index (χ0v) is 15.4. The van der Waals surface area contributed by atoms with Crippen LogP contribution in [0.5, 0.6) is 0 Å². The Labute approximate surface area is 152 Å². The summed E-state index contributed by atoms with van der Waals surface area (Å²) >= 11 is 1.05. The average Bonchev–Trinajstić information content (AvgIpc) is 3.00. The van der Waals surface area contributed by atoms with Gasteiger partial charge in [0.15, 0.2) is 5.82 Å². The van der Waals surface area contributed by atoms with Crippen LogP contribution in [0.3, 0.4) is 0 Å². The van der Waals surface area contributed by atoms with Crippen molar-refractivity contribution in [1.82, 2.24) is 9.97 Å². The fourth-order valence-electron chi connectivity index (χ4n) is 2.91. The number of rotatable bonds is 5. The molecule has 1 aliphatic rings. The van der Waals surface area contributed by atoms with E-state index in [0.29, 0.717) is 36.0 Å². The van der Waals surface area contributed by atoms with E-state index in [1.807, 2.05) is 0 Å². The first-order chi connectivity index (χ1) is 12.5. The van der Waals surface area contributed by atoms with Gasteiger partial charge < -0.3 is 24.1 Å². The van der Waals surface area contributed by atoms with Crippen LogP contribution < -0.4 is 10.5 Å². The summed E-state index contributed by atoms with van der Waals surface area (Å²) in [7, 11) is 2.50. The summed E-state index contributed by atoms with van der Waals surface area (Å²) in [5.74, 6) is -0.607. The molecule has 26 heavy (non-hydrogen) atoms. The van der Waals surface area contributed by atoms with E-state index in [0.717, 1.165) is 24.4 Å². The topological polar surface area (TPSA) is 112 Å². The maximum absolute atomic E-state index is 12.6. The van der Waals surface area contributed by atoms with Crippen molar-refractivity contribution in [3.63, 3.8) is 0 Å². The van der Waals surface area contributed by atoms with Gasteiger partial charge in [-0.15, -0.1) is 11.3 Å². The van der Waals surface area contributed by atoms with E-state index < -0.39 is 11.9 Å². The van der Waals surface area contributed by atoms with Crippen molar-refractivity contribution >= 4 is 33.5 Å². The van der Waals surface area contributed by atoms with Gasteiger partial charge in [0, 0.05) is 5.56 Å². The summed E-state index contributed by atoms with van der Waals surface area (Å²) in [5, 5.41) is 0.238. The lowest BCUT2D eigenvalue weighted by Crippen LogP contribution is -3.12. The number of hydrogen-bond donors (Lipinski definition) is 2. The van der Waals surface area contributed by atoms with E-state index in [1.165, 1.54) is 19.1 Å². The minimum atomic E-state index is -0.605. The first kappa shape index (κ1) is 18.5. The molecule has 0 aliphatic carbocycles. The Balaban J connectivity index is 2.03. The minimum Gasteiger partial charge on any atom is -0.469 e. The highest BCUT2D eigenvalue weighted by atomic mass is 32.1. The van der Waals surface area contributed by atoms with Gasteiger partial charge in [0.2, 0.25) is 0 Å². The quantitative estimate of drug-likeness (QED) is 0.632. The highest BCUT2D eigenvalue weighted by Crippen LogP contribution is 2.29. The third kappa shape index (κ3) is 3.76. The third-order valence-electron chi connectivity index (χ3n) is 4.25. The normalized spacial score (nSPS) is 15.2. The first-order valence-corrected chi connectivity index (χ1v) is 8.96. The second-order valence-electron chi connectivity index (χ2n) is 5.89. The highest BCUT2D eigenvalue weighted by molar-refractivity contribution is 7.20. The molecule has 9 nitrogen and oxygen atoms in total. The number of methoxy groups -OCH3 is 2.